The summed E-state index contributed by atoms with van der Waals surface area (Å²) in [5.74, 6) is -1.27. The third-order valence-electron chi connectivity index (χ3n) is 0.978. The minimum atomic E-state index is -0.679. The first-order valence-corrected chi connectivity index (χ1v) is 3.83. The van der Waals surface area contributed by atoms with Crippen LogP contribution in [0, 0.1) is 0 Å². The van der Waals surface area contributed by atoms with E-state index in [1.54, 1.807) is 6.92 Å². The van der Waals surface area contributed by atoms with Gasteiger partial charge in [0.15, 0.2) is 0 Å². The molecule has 1 N–H and O–H groups in total. The van der Waals surface area contributed by atoms with E-state index in [0.29, 0.717) is 0 Å². The minimum Gasteiger partial charge on any atom is -0.463 e. The predicted octanol–water partition coefficient (Wildman–Crippen LogP) is -0.359. The molecule has 0 spiro atoms. The third-order valence-corrected chi connectivity index (χ3v) is 0.978. The molecule has 74 valence electrons. The molecule has 0 aliphatic heterocycles. The van der Waals surface area contributed by atoms with Gasteiger partial charge in [0.1, 0.15) is 6.61 Å². The molecule has 0 aliphatic rings. The van der Waals surface area contributed by atoms with Gasteiger partial charge in [0.05, 0.1) is 13.2 Å². The zero-order valence-electron chi connectivity index (χ0n) is 7.36. The van der Waals surface area contributed by atoms with Crippen molar-refractivity contribution in [1.29, 1.82) is 0 Å². The van der Waals surface area contributed by atoms with Gasteiger partial charge in [0.25, 0.3) is 0 Å². The maximum atomic E-state index is 10.7. The average molecular weight is 188 g/mol. The highest BCUT2D eigenvalue weighted by Crippen LogP contribution is 1.84. The van der Waals surface area contributed by atoms with Crippen LogP contribution < -0.4 is 0 Å². The molecule has 0 rings (SSSR count). The summed E-state index contributed by atoms with van der Waals surface area (Å²) >= 11 is 0. The number of hydrogen-bond donors (Lipinski definition) is 1. The van der Waals surface area contributed by atoms with E-state index in [1.165, 1.54) is 0 Å². The highest BCUT2D eigenvalue weighted by atomic mass is 16.5. The summed E-state index contributed by atoms with van der Waals surface area (Å²) < 4.78 is 8.95. The fourth-order valence-electron chi connectivity index (χ4n) is 0.521. The van der Waals surface area contributed by atoms with Gasteiger partial charge in [-0.15, -0.1) is 0 Å². The molecular formula is C8H12O5. The maximum absolute atomic E-state index is 10.7. The van der Waals surface area contributed by atoms with Crippen LogP contribution in [-0.2, 0) is 19.1 Å². The zero-order chi connectivity index (χ0) is 10.1. The summed E-state index contributed by atoms with van der Waals surface area (Å²) in [5, 5.41) is 8.28. The number of rotatable bonds is 5. The summed E-state index contributed by atoms with van der Waals surface area (Å²) in [7, 11) is 0. The fraction of sp³-hybridized carbons (Fsp3) is 0.500. The number of ether oxygens (including phenoxy) is 2. The summed E-state index contributed by atoms with van der Waals surface area (Å²) in [5.41, 5.74) is 0. The summed E-state index contributed by atoms with van der Waals surface area (Å²) in [4.78, 5) is 21.3. The van der Waals surface area contributed by atoms with Crippen LogP contribution in [0.2, 0.25) is 0 Å². The molecule has 0 amide bonds. The van der Waals surface area contributed by atoms with Gasteiger partial charge in [-0.1, -0.05) is 0 Å². The Morgan fingerprint density at radius 1 is 1.23 bits per heavy atom. The van der Waals surface area contributed by atoms with E-state index in [9.17, 15) is 9.59 Å². The minimum absolute atomic E-state index is 0.0774. The molecule has 5 heteroatoms. The number of carbonyl (C=O) groups excluding carboxylic acids is 2. The number of carbonyl (C=O) groups is 2. The van der Waals surface area contributed by atoms with Crippen LogP contribution in [0.3, 0.4) is 0 Å². The fourth-order valence-corrected chi connectivity index (χ4v) is 0.521. The van der Waals surface area contributed by atoms with Gasteiger partial charge in [0.2, 0.25) is 0 Å². The molecule has 13 heavy (non-hydrogen) atoms. The lowest BCUT2D eigenvalue weighted by molar-refractivity contribution is -0.140. The van der Waals surface area contributed by atoms with E-state index < -0.39 is 11.9 Å². The van der Waals surface area contributed by atoms with E-state index in [0.717, 1.165) is 12.2 Å². The van der Waals surface area contributed by atoms with Crippen molar-refractivity contribution >= 4 is 11.9 Å². The Kier molecular flexibility index (Phi) is 6.53. The largest absolute Gasteiger partial charge is 0.463 e. The molecule has 5 nitrogen and oxygen atoms in total. The normalized spacial score (nSPS) is 10.0. The monoisotopic (exact) mass is 188 g/mol. The van der Waals surface area contributed by atoms with Crippen molar-refractivity contribution < 1.29 is 24.2 Å². The summed E-state index contributed by atoms with van der Waals surface area (Å²) in [6.45, 7) is 1.61. The van der Waals surface area contributed by atoms with Crippen molar-refractivity contribution in [2.45, 2.75) is 6.92 Å². The number of aliphatic hydroxyl groups excluding tert-OH is 1. The van der Waals surface area contributed by atoms with Crippen LogP contribution in [0.15, 0.2) is 12.2 Å². The summed E-state index contributed by atoms with van der Waals surface area (Å²) in [6.07, 6.45) is 1.93. The van der Waals surface area contributed by atoms with E-state index in [4.69, 9.17) is 5.11 Å². The first-order valence-electron chi connectivity index (χ1n) is 3.83. The van der Waals surface area contributed by atoms with Crippen molar-refractivity contribution in [1.82, 2.24) is 0 Å². The standard InChI is InChI=1S/C8H12O5/c1-2-12-7(10)3-4-8(11)13-6-5-9/h3-4,9H,2,5-6H2,1H3/b4-3+. The van der Waals surface area contributed by atoms with Gasteiger partial charge in [0, 0.05) is 12.2 Å². The second kappa shape index (κ2) is 7.30. The third kappa shape index (κ3) is 7.02. The summed E-state index contributed by atoms with van der Waals surface area (Å²) in [6, 6.07) is 0. The molecule has 0 aliphatic carbocycles. The van der Waals surface area contributed by atoms with Crippen molar-refractivity contribution in [2.75, 3.05) is 19.8 Å². The van der Waals surface area contributed by atoms with Crippen molar-refractivity contribution in [3.05, 3.63) is 12.2 Å². The first-order chi connectivity index (χ1) is 6.20. The van der Waals surface area contributed by atoms with Gasteiger partial charge in [-0.2, -0.15) is 0 Å². The van der Waals surface area contributed by atoms with Gasteiger partial charge in [-0.05, 0) is 6.92 Å². The average Bonchev–Trinajstić information content (AvgIpc) is 2.12. The molecule has 0 heterocycles. The highest BCUT2D eigenvalue weighted by molar-refractivity contribution is 5.91. The SMILES string of the molecule is CCOC(=O)/C=C/C(=O)OCCO. The Bertz CT molecular complexity index is 197. The Labute approximate surface area is 75.9 Å². The number of aliphatic hydroxyl groups is 1. The lowest BCUT2D eigenvalue weighted by Crippen LogP contribution is -2.07. The number of hydrogen-bond acceptors (Lipinski definition) is 5. The predicted molar refractivity (Wildman–Crippen MR) is 43.8 cm³/mol. The molecule has 0 unspecified atom stereocenters. The van der Waals surface area contributed by atoms with Crippen LogP contribution in [0.4, 0.5) is 0 Å². The molecule has 0 saturated carbocycles. The Hall–Kier alpha value is -1.36. The second-order valence-electron chi connectivity index (χ2n) is 1.98. The van der Waals surface area contributed by atoms with Gasteiger partial charge < -0.3 is 14.6 Å². The first kappa shape index (κ1) is 11.6. The Balaban J connectivity index is 3.69. The zero-order valence-corrected chi connectivity index (χ0v) is 7.36. The molecule has 0 radical (unpaired) electrons. The van der Waals surface area contributed by atoms with Crippen LogP contribution in [0.5, 0.6) is 0 Å². The molecule has 0 atom stereocenters. The molecular weight excluding hydrogens is 176 g/mol. The topological polar surface area (TPSA) is 72.8 Å². The second-order valence-corrected chi connectivity index (χ2v) is 1.98. The van der Waals surface area contributed by atoms with Crippen LogP contribution in [0.25, 0.3) is 0 Å². The van der Waals surface area contributed by atoms with Crippen molar-refractivity contribution in [3.63, 3.8) is 0 Å². The quantitative estimate of drug-likeness (QED) is 0.471. The van der Waals surface area contributed by atoms with E-state index in [-0.39, 0.29) is 19.8 Å². The lowest BCUT2D eigenvalue weighted by Gasteiger charge is -1.97. The molecule has 0 aromatic carbocycles. The molecule has 0 saturated heterocycles. The number of esters is 2. The molecule has 0 aromatic rings. The molecule has 0 aromatic heterocycles. The Morgan fingerprint density at radius 2 is 1.77 bits per heavy atom. The van der Waals surface area contributed by atoms with Crippen molar-refractivity contribution in [2.24, 2.45) is 0 Å². The van der Waals surface area contributed by atoms with E-state index >= 15 is 0 Å². The van der Waals surface area contributed by atoms with E-state index in [2.05, 4.69) is 9.47 Å². The van der Waals surface area contributed by atoms with Gasteiger partial charge in [-0.3, -0.25) is 0 Å². The Morgan fingerprint density at radius 3 is 2.23 bits per heavy atom. The smallest absolute Gasteiger partial charge is 0.331 e. The van der Waals surface area contributed by atoms with Crippen LogP contribution in [0.1, 0.15) is 6.92 Å². The molecule has 0 fully saturated rings. The molecule has 0 bridgehead atoms. The van der Waals surface area contributed by atoms with E-state index in [1.807, 2.05) is 0 Å². The van der Waals surface area contributed by atoms with Crippen LogP contribution >= 0.6 is 0 Å². The maximum Gasteiger partial charge on any atom is 0.331 e. The van der Waals surface area contributed by atoms with Crippen LogP contribution in [-0.4, -0.2) is 36.9 Å². The highest BCUT2D eigenvalue weighted by Gasteiger charge is 1.98. The lowest BCUT2D eigenvalue weighted by atomic mass is 10.5. The van der Waals surface area contributed by atoms with Gasteiger partial charge in [-0.25, -0.2) is 9.59 Å². The van der Waals surface area contributed by atoms with Gasteiger partial charge >= 0.3 is 11.9 Å². The van der Waals surface area contributed by atoms with Crippen molar-refractivity contribution in [3.8, 4) is 0 Å².